The number of carbonyl (C=O) groups excluding carboxylic acids is 1. The second kappa shape index (κ2) is 8.83. The molecule has 0 aliphatic carbocycles. The van der Waals surface area contributed by atoms with Gasteiger partial charge in [0.2, 0.25) is 5.91 Å². The van der Waals surface area contributed by atoms with Crippen molar-refractivity contribution in [1.82, 2.24) is 18.0 Å². The number of hydrogen-bond acceptors (Lipinski definition) is 6. The van der Waals surface area contributed by atoms with E-state index in [0.29, 0.717) is 24.5 Å². The summed E-state index contributed by atoms with van der Waals surface area (Å²) >= 11 is 2.11. The van der Waals surface area contributed by atoms with Gasteiger partial charge in [0, 0.05) is 50.2 Å². The van der Waals surface area contributed by atoms with E-state index in [-0.39, 0.29) is 29.1 Å². The maximum Gasteiger partial charge on any atom is 0.266 e. The van der Waals surface area contributed by atoms with Crippen molar-refractivity contribution in [1.29, 1.82) is 0 Å². The summed E-state index contributed by atoms with van der Waals surface area (Å²) < 4.78 is 28.6. The van der Waals surface area contributed by atoms with E-state index in [0.717, 1.165) is 31.7 Å². The second-order valence-corrected chi connectivity index (χ2v) is 9.33. The normalized spacial score (nSPS) is 23.1. The molecule has 162 valence electrons. The Morgan fingerprint density at radius 1 is 1.23 bits per heavy atom. The van der Waals surface area contributed by atoms with Crippen LogP contribution in [0.25, 0.3) is 11.0 Å². The first-order valence-corrected chi connectivity index (χ1v) is 11.0. The van der Waals surface area contributed by atoms with Gasteiger partial charge in [0.15, 0.2) is 0 Å². The van der Waals surface area contributed by atoms with Gasteiger partial charge in [0.1, 0.15) is 5.52 Å². The highest BCUT2D eigenvalue weighted by Crippen LogP contribution is 2.34. The molecule has 10 heteroatoms. The lowest BCUT2D eigenvalue weighted by atomic mass is 9.95. The molecule has 2 N–H and O–H groups in total. The molecular formula is C20H25F2IN6O. The lowest BCUT2D eigenvalue weighted by Crippen LogP contribution is -2.58. The minimum Gasteiger partial charge on any atom is -0.367 e. The molecule has 30 heavy (non-hydrogen) atoms. The van der Waals surface area contributed by atoms with Gasteiger partial charge in [0.25, 0.3) is 6.43 Å². The van der Waals surface area contributed by atoms with E-state index in [9.17, 15) is 13.6 Å². The molecule has 0 bridgehead atoms. The number of carbonyl (C=O) groups is 1. The van der Waals surface area contributed by atoms with Crippen LogP contribution in [0.3, 0.4) is 0 Å². The Kier molecular flexibility index (Phi) is 6.35. The zero-order valence-corrected chi connectivity index (χ0v) is 18.9. The summed E-state index contributed by atoms with van der Waals surface area (Å²) in [5.74, 6) is 0.409. The van der Waals surface area contributed by atoms with E-state index >= 15 is 0 Å². The van der Waals surface area contributed by atoms with E-state index in [4.69, 9.17) is 5.73 Å². The smallest absolute Gasteiger partial charge is 0.266 e. The summed E-state index contributed by atoms with van der Waals surface area (Å²) in [6, 6.07) is 3.33. The number of hydrogen-bond donors (Lipinski definition) is 1. The summed E-state index contributed by atoms with van der Waals surface area (Å²) in [4.78, 5) is 25.5. The molecular weight excluding hydrogens is 505 g/mol. The van der Waals surface area contributed by atoms with E-state index in [2.05, 4.69) is 49.6 Å². The minimum absolute atomic E-state index is 0.0262. The van der Waals surface area contributed by atoms with E-state index in [1.807, 2.05) is 0 Å². The van der Waals surface area contributed by atoms with Gasteiger partial charge in [0.05, 0.1) is 46.7 Å². The highest BCUT2D eigenvalue weighted by molar-refractivity contribution is 14.1. The summed E-state index contributed by atoms with van der Waals surface area (Å²) in [6.45, 7) is 5.42. The molecule has 2 atom stereocenters. The molecule has 1 aromatic carbocycles. The van der Waals surface area contributed by atoms with Crippen molar-refractivity contribution in [2.45, 2.75) is 31.9 Å². The second-order valence-electron chi connectivity index (χ2n) is 8.29. The van der Waals surface area contributed by atoms with Crippen LogP contribution in [-0.4, -0.2) is 68.7 Å². The number of benzene rings is 1. The maximum atomic E-state index is 13.4. The Morgan fingerprint density at radius 2 is 1.93 bits per heavy atom. The molecule has 7 nitrogen and oxygen atoms in total. The molecule has 0 radical (unpaired) electrons. The number of rotatable bonds is 5. The topological polar surface area (TPSA) is 78.6 Å². The van der Waals surface area contributed by atoms with Crippen molar-refractivity contribution >= 4 is 45.5 Å². The van der Waals surface area contributed by atoms with Crippen LogP contribution in [0.1, 0.15) is 25.3 Å². The largest absolute Gasteiger partial charge is 0.367 e. The third kappa shape index (κ3) is 4.35. The van der Waals surface area contributed by atoms with Gasteiger partial charge in [-0.05, 0) is 24.5 Å². The number of piperidine rings is 1. The maximum absolute atomic E-state index is 13.4. The fourth-order valence-corrected chi connectivity index (χ4v) is 4.93. The number of anilines is 1. The highest BCUT2D eigenvalue weighted by Gasteiger charge is 2.34. The molecule has 0 unspecified atom stereocenters. The van der Waals surface area contributed by atoms with E-state index in [1.165, 1.54) is 18.5 Å². The SMILES string of the molecule is C[C@H]1C[C@@H](N(I)C(=O)CN2CC(N)C2)CN(c2ccc(C(F)F)c3nccnc23)C1. The van der Waals surface area contributed by atoms with E-state index < -0.39 is 6.43 Å². The molecule has 2 aliphatic rings. The number of nitrogens with zero attached hydrogens (tertiary/aromatic N) is 5. The number of alkyl halides is 2. The van der Waals surface area contributed by atoms with Crippen molar-refractivity contribution in [3.05, 3.63) is 30.1 Å². The van der Waals surface area contributed by atoms with Crippen LogP contribution in [0.4, 0.5) is 14.5 Å². The molecule has 4 rings (SSSR count). The number of nitrogens with two attached hydrogens (primary N) is 1. The van der Waals surface area contributed by atoms with Gasteiger partial charge in [-0.2, -0.15) is 0 Å². The first-order valence-electron chi connectivity index (χ1n) is 10.1. The summed E-state index contributed by atoms with van der Waals surface area (Å²) in [5, 5.41) is 0. The Balaban J connectivity index is 1.55. The van der Waals surface area contributed by atoms with Crippen LogP contribution < -0.4 is 10.6 Å². The Bertz CT molecular complexity index is 925. The molecule has 0 spiro atoms. The fourth-order valence-electron chi connectivity index (χ4n) is 4.38. The van der Waals surface area contributed by atoms with Gasteiger partial charge < -0.3 is 10.6 Å². The summed E-state index contributed by atoms with van der Waals surface area (Å²) in [6.07, 6.45) is 1.25. The number of amides is 1. The van der Waals surface area contributed by atoms with Crippen LogP contribution in [0.15, 0.2) is 24.5 Å². The predicted octanol–water partition coefficient (Wildman–Crippen LogP) is 2.60. The number of likely N-dealkylation sites (tertiary alicyclic amines) is 1. The number of fused-ring (bicyclic) bond motifs is 1. The molecule has 1 amide bonds. The summed E-state index contributed by atoms with van der Waals surface area (Å²) in [5.41, 5.74) is 7.19. The minimum atomic E-state index is -2.61. The fraction of sp³-hybridized carbons (Fsp3) is 0.550. The van der Waals surface area contributed by atoms with Crippen LogP contribution in [-0.2, 0) is 4.79 Å². The average molecular weight is 530 g/mol. The zero-order chi connectivity index (χ0) is 21.4. The molecule has 2 fully saturated rings. The first kappa shape index (κ1) is 21.6. The lowest BCUT2D eigenvalue weighted by Gasteiger charge is -2.42. The molecule has 0 saturated carbocycles. The van der Waals surface area contributed by atoms with Gasteiger partial charge in [-0.25, -0.2) is 8.78 Å². The average Bonchev–Trinajstić information content (AvgIpc) is 2.70. The Labute approximate surface area is 188 Å². The Morgan fingerprint density at radius 3 is 2.60 bits per heavy atom. The Hall–Kier alpha value is -1.66. The molecule has 2 aromatic rings. The number of aromatic nitrogens is 2. The zero-order valence-electron chi connectivity index (χ0n) is 16.7. The van der Waals surface area contributed by atoms with Crippen LogP contribution >= 0.6 is 22.9 Å². The standard InChI is InChI=1S/C20H25F2IN6O/c1-12-6-14(29(23)17(30)11-27-8-13(24)9-27)10-28(7-12)16-3-2-15(20(21)22)18-19(16)26-5-4-25-18/h2-5,12-14,20H,6-11,24H2,1H3/t12-,14+/m0/s1. The van der Waals surface area contributed by atoms with Crippen molar-refractivity contribution in [3.63, 3.8) is 0 Å². The van der Waals surface area contributed by atoms with Gasteiger partial charge >= 0.3 is 0 Å². The van der Waals surface area contributed by atoms with Crippen molar-refractivity contribution in [3.8, 4) is 0 Å². The third-order valence-electron chi connectivity index (χ3n) is 5.75. The van der Waals surface area contributed by atoms with Crippen LogP contribution in [0, 0.1) is 5.92 Å². The highest BCUT2D eigenvalue weighted by atomic mass is 127. The predicted molar refractivity (Wildman–Crippen MR) is 120 cm³/mol. The molecule has 2 aliphatic heterocycles. The first-order chi connectivity index (χ1) is 14.3. The van der Waals surface area contributed by atoms with Crippen molar-refractivity contribution < 1.29 is 13.6 Å². The van der Waals surface area contributed by atoms with E-state index in [1.54, 1.807) is 9.18 Å². The van der Waals surface area contributed by atoms with Gasteiger partial charge in [-0.1, -0.05) is 6.92 Å². The lowest BCUT2D eigenvalue weighted by molar-refractivity contribution is -0.128. The van der Waals surface area contributed by atoms with Gasteiger partial charge in [-0.3, -0.25) is 22.8 Å². The van der Waals surface area contributed by atoms with Crippen molar-refractivity contribution in [2.24, 2.45) is 11.7 Å². The molecule has 1 aromatic heterocycles. The monoisotopic (exact) mass is 530 g/mol. The van der Waals surface area contributed by atoms with Crippen LogP contribution in [0.5, 0.6) is 0 Å². The van der Waals surface area contributed by atoms with Gasteiger partial charge in [-0.15, -0.1) is 0 Å². The quantitative estimate of drug-likeness (QED) is 0.473. The summed E-state index contributed by atoms with van der Waals surface area (Å²) in [7, 11) is 0. The van der Waals surface area contributed by atoms with Crippen LogP contribution in [0.2, 0.25) is 0 Å². The number of halogens is 3. The third-order valence-corrected chi connectivity index (χ3v) is 7.08. The molecule has 2 saturated heterocycles. The molecule has 3 heterocycles. The van der Waals surface area contributed by atoms with Crippen molar-refractivity contribution in [2.75, 3.05) is 37.6 Å².